The van der Waals surface area contributed by atoms with Gasteiger partial charge in [0.15, 0.2) is 16.4 Å². The van der Waals surface area contributed by atoms with E-state index in [1.807, 2.05) is 34.4 Å². The standard InChI is InChI=1S/C11H11N7S/c1-17-7-13-14-9(17)6-18-10(15-16-11(18)19)8-4-2-3-5-12-8/h2-5,7H,6H2,1H3,(H,16,19). The van der Waals surface area contributed by atoms with Crippen LogP contribution in [0.3, 0.4) is 0 Å². The molecule has 0 aromatic carbocycles. The number of H-pyrrole nitrogens is 1. The summed E-state index contributed by atoms with van der Waals surface area (Å²) in [5, 5.41) is 14.9. The lowest BCUT2D eigenvalue weighted by molar-refractivity contribution is 0.693. The Morgan fingerprint density at radius 2 is 2.26 bits per heavy atom. The van der Waals surface area contributed by atoms with Gasteiger partial charge in [0, 0.05) is 13.2 Å². The van der Waals surface area contributed by atoms with Crippen molar-refractivity contribution in [2.24, 2.45) is 7.05 Å². The van der Waals surface area contributed by atoms with Gasteiger partial charge in [0.25, 0.3) is 0 Å². The van der Waals surface area contributed by atoms with E-state index in [9.17, 15) is 0 Å². The second-order valence-electron chi connectivity index (χ2n) is 4.01. The fourth-order valence-electron chi connectivity index (χ4n) is 1.75. The summed E-state index contributed by atoms with van der Waals surface area (Å²) in [6.07, 6.45) is 3.37. The summed E-state index contributed by atoms with van der Waals surface area (Å²) in [4.78, 5) is 4.28. The fourth-order valence-corrected chi connectivity index (χ4v) is 1.94. The first-order valence-electron chi connectivity index (χ1n) is 5.65. The van der Waals surface area contributed by atoms with Gasteiger partial charge in [-0.05, 0) is 24.4 Å². The number of aromatic amines is 1. The van der Waals surface area contributed by atoms with Crippen LogP contribution in [0.5, 0.6) is 0 Å². The van der Waals surface area contributed by atoms with Crippen LogP contribution < -0.4 is 0 Å². The monoisotopic (exact) mass is 273 g/mol. The van der Waals surface area contributed by atoms with Crippen molar-refractivity contribution < 1.29 is 0 Å². The van der Waals surface area contributed by atoms with Crippen molar-refractivity contribution in [2.75, 3.05) is 0 Å². The molecule has 3 heterocycles. The summed E-state index contributed by atoms with van der Waals surface area (Å²) >= 11 is 5.25. The summed E-state index contributed by atoms with van der Waals surface area (Å²) in [5.41, 5.74) is 0.761. The van der Waals surface area contributed by atoms with Crippen LogP contribution in [0.4, 0.5) is 0 Å². The van der Waals surface area contributed by atoms with Gasteiger partial charge >= 0.3 is 0 Å². The first kappa shape index (κ1) is 11.7. The molecule has 0 atom stereocenters. The minimum Gasteiger partial charge on any atom is -0.319 e. The minimum atomic E-state index is 0.498. The molecule has 1 N–H and O–H groups in total. The lowest BCUT2D eigenvalue weighted by Crippen LogP contribution is -2.08. The Bertz CT molecular complexity index is 740. The number of nitrogens with one attached hydrogen (secondary N) is 1. The molecule has 0 aliphatic carbocycles. The molecule has 3 aromatic heterocycles. The molecule has 0 amide bonds. The van der Waals surface area contributed by atoms with E-state index in [0.29, 0.717) is 17.1 Å². The molecule has 8 heteroatoms. The summed E-state index contributed by atoms with van der Waals surface area (Å²) in [6.45, 7) is 0.498. The van der Waals surface area contributed by atoms with Gasteiger partial charge < -0.3 is 4.57 Å². The highest BCUT2D eigenvalue weighted by atomic mass is 32.1. The van der Waals surface area contributed by atoms with E-state index in [1.54, 1.807) is 12.5 Å². The van der Waals surface area contributed by atoms with Gasteiger partial charge in [0.2, 0.25) is 0 Å². The van der Waals surface area contributed by atoms with Crippen molar-refractivity contribution in [1.82, 2.24) is 34.5 Å². The van der Waals surface area contributed by atoms with Crippen molar-refractivity contribution in [2.45, 2.75) is 6.54 Å². The molecule has 19 heavy (non-hydrogen) atoms. The Hall–Kier alpha value is -2.35. The second-order valence-corrected chi connectivity index (χ2v) is 4.40. The molecule has 0 spiro atoms. The van der Waals surface area contributed by atoms with Crippen LogP contribution in [-0.4, -0.2) is 34.5 Å². The number of pyridine rings is 1. The highest BCUT2D eigenvalue weighted by Gasteiger charge is 2.12. The molecule has 0 unspecified atom stereocenters. The predicted octanol–water partition coefficient (Wildman–Crippen LogP) is 1.18. The van der Waals surface area contributed by atoms with Crippen LogP contribution in [0.1, 0.15) is 5.82 Å². The van der Waals surface area contributed by atoms with Crippen molar-refractivity contribution >= 4 is 12.2 Å². The number of hydrogen-bond donors (Lipinski definition) is 1. The molecule has 0 saturated heterocycles. The van der Waals surface area contributed by atoms with Gasteiger partial charge in [0.05, 0.1) is 6.54 Å². The van der Waals surface area contributed by atoms with E-state index >= 15 is 0 Å². The Kier molecular flexibility index (Phi) is 2.92. The zero-order valence-corrected chi connectivity index (χ0v) is 11.0. The van der Waals surface area contributed by atoms with Gasteiger partial charge in [-0.25, -0.2) is 0 Å². The maximum absolute atomic E-state index is 5.25. The molecule has 0 saturated carbocycles. The zero-order chi connectivity index (χ0) is 13.2. The number of rotatable bonds is 3. The number of nitrogens with zero attached hydrogens (tertiary/aromatic N) is 6. The van der Waals surface area contributed by atoms with Crippen LogP contribution in [0.15, 0.2) is 30.7 Å². The van der Waals surface area contributed by atoms with Crippen LogP contribution in [0.2, 0.25) is 0 Å². The molecule has 3 rings (SSSR count). The van der Waals surface area contributed by atoms with Gasteiger partial charge in [-0.3, -0.25) is 14.6 Å². The summed E-state index contributed by atoms with van der Waals surface area (Å²) in [6, 6.07) is 5.66. The molecule has 7 nitrogen and oxygen atoms in total. The van der Waals surface area contributed by atoms with Gasteiger partial charge in [-0.1, -0.05) is 6.07 Å². The summed E-state index contributed by atoms with van der Waals surface area (Å²) in [5.74, 6) is 1.49. The Labute approximate surface area is 114 Å². The maximum atomic E-state index is 5.25. The molecule has 0 aliphatic heterocycles. The Morgan fingerprint density at radius 1 is 1.37 bits per heavy atom. The van der Waals surface area contributed by atoms with E-state index in [-0.39, 0.29) is 0 Å². The van der Waals surface area contributed by atoms with Gasteiger partial charge in [0.1, 0.15) is 12.0 Å². The van der Waals surface area contributed by atoms with Crippen LogP contribution in [-0.2, 0) is 13.6 Å². The SMILES string of the molecule is Cn1cnnc1Cn1c(-c2ccccn2)n[nH]c1=S. The molecule has 96 valence electrons. The molecule has 0 bridgehead atoms. The Morgan fingerprint density at radius 3 is 2.95 bits per heavy atom. The normalized spacial score (nSPS) is 10.8. The lowest BCUT2D eigenvalue weighted by Gasteiger charge is -2.05. The zero-order valence-electron chi connectivity index (χ0n) is 10.2. The third-order valence-corrected chi connectivity index (χ3v) is 3.07. The van der Waals surface area contributed by atoms with Crippen molar-refractivity contribution in [3.05, 3.63) is 41.3 Å². The quantitative estimate of drug-likeness (QED) is 0.725. The average Bonchev–Trinajstić information content (AvgIpc) is 2.99. The van der Waals surface area contributed by atoms with E-state index in [0.717, 1.165) is 11.5 Å². The maximum Gasteiger partial charge on any atom is 0.195 e. The second kappa shape index (κ2) is 4.73. The van der Waals surface area contributed by atoms with E-state index in [2.05, 4.69) is 25.4 Å². The topological polar surface area (TPSA) is 77.2 Å². The van der Waals surface area contributed by atoms with Crippen LogP contribution >= 0.6 is 12.2 Å². The molecular weight excluding hydrogens is 262 g/mol. The minimum absolute atomic E-state index is 0.498. The summed E-state index contributed by atoms with van der Waals surface area (Å²) in [7, 11) is 1.89. The Balaban J connectivity index is 2.05. The van der Waals surface area contributed by atoms with Crippen molar-refractivity contribution in [3.63, 3.8) is 0 Å². The van der Waals surface area contributed by atoms with E-state index < -0.39 is 0 Å². The number of aromatic nitrogens is 7. The smallest absolute Gasteiger partial charge is 0.195 e. The van der Waals surface area contributed by atoms with Gasteiger partial charge in [-0.2, -0.15) is 5.10 Å². The predicted molar refractivity (Wildman–Crippen MR) is 70.7 cm³/mol. The number of aryl methyl sites for hydroxylation is 1. The number of hydrogen-bond acceptors (Lipinski definition) is 5. The highest BCUT2D eigenvalue weighted by molar-refractivity contribution is 7.71. The highest BCUT2D eigenvalue weighted by Crippen LogP contribution is 2.14. The van der Waals surface area contributed by atoms with Crippen molar-refractivity contribution in [3.8, 4) is 11.5 Å². The van der Waals surface area contributed by atoms with Crippen LogP contribution in [0, 0.1) is 4.77 Å². The third-order valence-electron chi connectivity index (χ3n) is 2.76. The van der Waals surface area contributed by atoms with Gasteiger partial charge in [-0.15, -0.1) is 10.2 Å². The first-order valence-corrected chi connectivity index (χ1v) is 6.06. The van der Waals surface area contributed by atoms with E-state index in [4.69, 9.17) is 12.2 Å². The van der Waals surface area contributed by atoms with Crippen molar-refractivity contribution in [1.29, 1.82) is 0 Å². The third kappa shape index (κ3) is 2.17. The lowest BCUT2D eigenvalue weighted by atomic mass is 10.3. The van der Waals surface area contributed by atoms with E-state index in [1.165, 1.54) is 0 Å². The first-order chi connectivity index (χ1) is 9.25. The largest absolute Gasteiger partial charge is 0.319 e. The summed E-state index contributed by atoms with van der Waals surface area (Å²) < 4.78 is 4.22. The molecule has 0 fully saturated rings. The fraction of sp³-hybridized carbons (Fsp3) is 0.182. The molecule has 3 aromatic rings. The molecular formula is C11H11N7S. The molecule has 0 radical (unpaired) electrons. The average molecular weight is 273 g/mol. The molecule has 0 aliphatic rings. The van der Waals surface area contributed by atoms with Crippen LogP contribution in [0.25, 0.3) is 11.5 Å².